The van der Waals surface area contributed by atoms with Gasteiger partial charge in [-0.3, -0.25) is 0 Å². The Hall–Kier alpha value is -1.69. The number of aromatic nitrogens is 1. The summed E-state index contributed by atoms with van der Waals surface area (Å²) in [4.78, 5) is 0. The van der Waals surface area contributed by atoms with Crippen LogP contribution in [0.15, 0.2) is 21.1 Å². The van der Waals surface area contributed by atoms with Gasteiger partial charge in [0.2, 0.25) is 0 Å². The highest BCUT2D eigenvalue weighted by molar-refractivity contribution is 9.10. The molecule has 0 bridgehead atoms. The molecule has 0 amide bonds. The predicted molar refractivity (Wildman–Crippen MR) is 76.5 cm³/mol. The molecule has 0 atom stereocenters. The standard InChI is InChI=1S/C13H15BrN2O3/c1-4-7-5-9(17-2)13(18-3)11(12(7)14)8-6-10(15)16-19-8/h5-6H,4H2,1-3H3,(H2,15,16). The molecular formula is C13H15BrN2O3. The summed E-state index contributed by atoms with van der Waals surface area (Å²) in [7, 11) is 3.18. The first-order chi connectivity index (χ1) is 9.12. The van der Waals surface area contributed by atoms with Crippen LogP contribution in [0.2, 0.25) is 0 Å². The minimum absolute atomic E-state index is 0.324. The number of aryl methyl sites for hydroxylation is 1. The zero-order chi connectivity index (χ0) is 14.0. The molecule has 0 unspecified atom stereocenters. The lowest BCUT2D eigenvalue weighted by Crippen LogP contribution is -1.97. The van der Waals surface area contributed by atoms with Crippen LogP contribution in [0.25, 0.3) is 11.3 Å². The van der Waals surface area contributed by atoms with E-state index in [-0.39, 0.29) is 0 Å². The number of nitrogens with zero attached hydrogens (tertiary/aromatic N) is 1. The monoisotopic (exact) mass is 326 g/mol. The van der Waals surface area contributed by atoms with Crippen molar-refractivity contribution >= 4 is 21.7 Å². The number of hydrogen-bond acceptors (Lipinski definition) is 5. The third-order valence-electron chi connectivity index (χ3n) is 2.84. The molecule has 0 aliphatic heterocycles. The molecule has 0 spiro atoms. The number of nitrogens with two attached hydrogens (primary N) is 1. The van der Waals surface area contributed by atoms with Gasteiger partial charge >= 0.3 is 0 Å². The lowest BCUT2D eigenvalue weighted by atomic mass is 10.0. The Balaban J connectivity index is 2.75. The van der Waals surface area contributed by atoms with Gasteiger partial charge in [0.1, 0.15) is 0 Å². The molecule has 1 aromatic heterocycles. The van der Waals surface area contributed by atoms with Gasteiger partial charge in [-0.05, 0) is 34.0 Å². The average Bonchev–Trinajstić information content (AvgIpc) is 2.84. The molecule has 102 valence electrons. The average molecular weight is 327 g/mol. The summed E-state index contributed by atoms with van der Waals surface area (Å²) >= 11 is 3.58. The number of nitrogen functional groups attached to an aromatic ring is 1. The largest absolute Gasteiger partial charge is 0.493 e. The van der Waals surface area contributed by atoms with Crippen LogP contribution < -0.4 is 15.2 Å². The zero-order valence-corrected chi connectivity index (χ0v) is 12.6. The van der Waals surface area contributed by atoms with Gasteiger partial charge < -0.3 is 19.7 Å². The van der Waals surface area contributed by atoms with Crippen LogP contribution in [0, 0.1) is 0 Å². The van der Waals surface area contributed by atoms with Crippen LogP contribution in [-0.4, -0.2) is 19.4 Å². The van der Waals surface area contributed by atoms with Crippen LogP contribution in [0.1, 0.15) is 12.5 Å². The maximum absolute atomic E-state index is 5.61. The van der Waals surface area contributed by atoms with E-state index in [1.165, 1.54) is 0 Å². The fourth-order valence-electron chi connectivity index (χ4n) is 1.91. The van der Waals surface area contributed by atoms with Crippen molar-refractivity contribution in [3.8, 4) is 22.8 Å². The molecule has 0 saturated carbocycles. The Kier molecular flexibility index (Phi) is 3.99. The highest BCUT2D eigenvalue weighted by Crippen LogP contribution is 2.45. The summed E-state index contributed by atoms with van der Waals surface area (Å²) in [5.74, 6) is 2.09. The summed E-state index contributed by atoms with van der Waals surface area (Å²) in [6.07, 6.45) is 0.845. The SMILES string of the molecule is CCc1cc(OC)c(OC)c(-c2cc(N)no2)c1Br. The number of methoxy groups -OCH3 is 2. The van der Waals surface area contributed by atoms with Crippen LogP contribution in [-0.2, 0) is 6.42 Å². The summed E-state index contributed by atoms with van der Waals surface area (Å²) in [6.45, 7) is 2.06. The van der Waals surface area contributed by atoms with Gasteiger partial charge in [-0.1, -0.05) is 12.1 Å². The Morgan fingerprint density at radius 2 is 2.05 bits per heavy atom. The number of ether oxygens (including phenoxy) is 2. The second-order valence-electron chi connectivity index (χ2n) is 3.93. The van der Waals surface area contributed by atoms with Gasteiger partial charge in [-0.2, -0.15) is 0 Å². The number of halogens is 1. The van der Waals surface area contributed by atoms with Crippen LogP contribution in [0.4, 0.5) is 5.82 Å². The Bertz CT molecular complexity index is 596. The van der Waals surface area contributed by atoms with Gasteiger partial charge in [-0.15, -0.1) is 0 Å². The van der Waals surface area contributed by atoms with Gasteiger partial charge in [0, 0.05) is 10.5 Å². The number of rotatable bonds is 4. The molecule has 19 heavy (non-hydrogen) atoms. The molecule has 2 N–H and O–H groups in total. The summed E-state index contributed by atoms with van der Waals surface area (Å²) in [5, 5.41) is 3.71. The third kappa shape index (κ3) is 2.40. The number of anilines is 1. The van der Waals surface area contributed by atoms with Crippen molar-refractivity contribution in [2.45, 2.75) is 13.3 Å². The van der Waals surface area contributed by atoms with E-state index in [1.54, 1.807) is 20.3 Å². The van der Waals surface area contributed by atoms with Crippen LogP contribution in [0.5, 0.6) is 11.5 Å². The smallest absolute Gasteiger partial charge is 0.174 e. The van der Waals surface area contributed by atoms with Crippen LogP contribution in [0.3, 0.4) is 0 Å². The van der Waals surface area contributed by atoms with Gasteiger partial charge in [-0.25, -0.2) is 0 Å². The van der Waals surface area contributed by atoms with E-state index in [2.05, 4.69) is 28.0 Å². The van der Waals surface area contributed by atoms with E-state index in [1.807, 2.05) is 6.07 Å². The summed E-state index contributed by atoms with van der Waals surface area (Å²) in [6, 6.07) is 3.59. The fraction of sp³-hybridized carbons (Fsp3) is 0.308. The maximum Gasteiger partial charge on any atom is 0.174 e. The van der Waals surface area contributed by atoms with Crippen molar-refractivity contribution in [3.63, 3.8) is 0 Å². The second kappa shape index (κ2) is 5.52. The van der Waals surface area contributed by atoms with Gasteiger partial charge in [0.25, 0.3) is 0 Å². The molecular weight excluding hydrogens is 312 g/mol. The molecule has 0 saturated heterocycles. The van der Waals surface area contributed by atoms with Gasteiger partial charge in [0.05, 0.1) is 19.8 Å². The van der Waals surface area contributed by atoms with E-state index in [4.69, 9.17) is 19.7 Å². The summed E-state index contributed by atoms with van der Waals surface area (Å²) < 4.78 is 16.9. The number of benzene rings is 1. The molecule has 0 radical (unpaired) electrons. The van der Waals surface area contributed by atoms with Crippen molar-refractivity contribution in [3.05, 3.63) is 22.2 Å². The first-order valence-electron chi connectivity index (χ1n) is 5.78. The third-order valence-corrected chi connectivity index (χ3v) is 3.74. The minimum atomic E-state index is 0.324. The maximum atomic E-state index is 5.61. The topological polar surface area (TPSA) is 70.5 Å². The van der Waals surface area contributed by atoms with Gasteiger partial charge in [0.15, 0.2) is 23.1 Å². The zero-order valence-electron chi connectivity index (χ0n) is 11.0. The van der Waals surface area contributed by atoms with E-state index in [0.29, 0.717) is 23.1 Å². The molecule has 1 heterocycles. The number of hydrogen-bond donors (Lipinski definition) is 1. The van der Waals surface area contributed by atoms with Crippen LogP contribution >= 0.6 is 15.9 Å². The quantitative estimate of drug-likeness (QED) is 0.933. The van der Waals surface area contributed by atoms with Crippen molar-refractivity contribution < 1.29 is 14.0 Å². The lowest BCUT2D eigenvalue weighted by molar-refractivity contribution is 0.353. The Labute approximate surface area is 119 Å². The highest BCUT2D eigenvalue weighted by atomic mass is 79.9. The molecule has 2 rings (SSSR count). The van der Waals surface area contributed by atoms with Crippen molar-refractivity contribution in [1.82, 2.24) is 5.16 Å². The lowest BCUT2D eigenvalue weighted by Gasteiger charge is -2.15. The van der Waals surface area contributed by atoms with Crippen molar-refractivity contribution in [2.24, 2.45) is 0 Å². The summed E-state index contributed by atoms with van der Waals surface area (Å²) in [5.41, 5.74) is 7.44. The molecule has 2 aromatic rings. The molecule has 0 aliphatic carbocycles. The molecule has 0 aliphatic rings. The van der Waals surface area contributed by atoms with E-state index in [9.17, 15) is 0 Å². The molecule has 1 aromatic carbocycles. The highest BCUT2D eigenvalue weighted by Gasteiger charge is 2.22. The minimum Gasteiger partial charge on any atom is -0.493 e. The molecule has 6 heteroatoms. The Morgan fingerprint density at radius 1 is 1.32 bits per heavy atom. The van der Waals surface area contributed by atoms with Crippen molar-refractivity contribution in [1.29, 1.82) is 0 Å². The second-order valence-corrected chi connectivity index (χ2v) is 4.72. The molecule has 5 nitrogen and oxygen atoms in total. The Morgan fingerprint density at radius 3 is 2.53 bits per heavy atom. The van der Waals surface area contributed by atoms with E-state index >= 15 is 0 Å². The molecule has 0 fully saturated rings. The predicted octanol–water partition coefficient (Wildman–Crippen LogP) is 3.27. The first-order valence-corrected chi connectivity index (χ1v) is 6.57. The van der Waals surface area contributed by atoms with Crippen molar-refractivity contribution in [2.75, 3.05) is 20.0 Å². The fourth-order valence-corrected chi connectivity index (χ4v) is 2.68. The normalized spacial score (nSPS) is 10.5. The van der Waals surface area contributed by atoms with E-state index in [0.717, 1.165) is 22.0 Å². The first kappa shape index (κ1) is 13.7. The van der Waals surface area contributed by atoms with E-state index < -0.39 is 0 Å².